The Kier molecular flexibility index (Phi) is 5.07. The molecule has 1 N–H and O–H groups in total. The van der Waals surface area contributed by atoms with Crippen LogP contribution in [-0.2, 0) is 6.54 Å². The first kappa shape index (κ1) is 16.8. The minimum Gasteiger partial charge on any atom is -0.507 e. The average molecular weight is 345 g/mol. The largest absolute Gasteiger partial charge is 0.507 e. The zero-order chi connectivity index (χ0) is 17.1. The molecule has 1 saturated heterocycles. The minimum absolute atomic E-state index is 0.0890. The van der Waals surface area contributed by atoms with Crippen molar-refractivity contribution >= 4 is 17.5 Å². The standard InChI is InChI=1S/C19H21ClN2O2/c1-14-3-2-4-17(18(14)23)19(24)22-11-9-21(10-12-22)13-15-5-7-16(20)8-6-15/h2-8,23H,9-13H2,1H3. The lowest BCUT2D eigenvalue weighted by Gasteiger charge is -2.35. The maximum Gasteiger partial charge on any atom is 0.257 e. The predicted octanol–water partition coefficient (Wildman–Crippen LogP) is 3.31. The molecule has 0 bridgehead atoms. The minimum atomic E-state index is -0.0951. The van der Waals surface area contributed by atoms with E-state index in [0.717, 1.165) is 30.2 Å². The van der Waals surface area contributed by atoms with E-state index in [1.165, 1.54) is 5.56 Å². The van der Waals surface area contributed by atoms with Gasteiger partial charge in [-0.1, -0.05) is 35.9 Å². The van der Waals surface area contributed by atoms with Crippen molar-refractivity contribution in [2.75, 3.05) is 26.2 Å². The Morgan fingerprint density at radius 2 is 1.75 bits per heavy atom. The van der Waals surface area contributed by atoms with Crippen molar-refractivity contribution < 1.29 is 9.90 Å². The van der Waals surface area contributed by atoms with Gasteiger partial charge in [0.1, 0.15) is 5.75 Å². The summed E-state index contributed by atoms with van der Waals surface area (Å²) in [5.41, 5.74) is 2.33. The number of rotatable bonds is 3. The molecule has 0 aromatic heterocycles. The molecule has 1 fully saturated rings. The van der Waals surface area contributed by atoms with Crippen LogP contribution in [0.3, 0.4) is 0 Å². The monoisotopic (exact) mass is 344 g/mol. The quantitative estimate of drug-likeness (QED) is 0.929. The molecule has 0 spiro atoms. The summed E-state index contributed by atoms with van der Waals surface area (Å²) in [6.45, 7) is 5.63. The number of carbonyl (C=O) groups excluding carboxylic acids is 1. The molecular weight excluding hydrogens is 324 g/mol. The summed E-state index contributed by atoms with van der Waals surface area (Å²) >= 11 is 5.91. The third-order valence-electron chi connectivity index (χ3n) is 4.45. The fraction of sp³-hybridized carbons (Fsp3) is 0.316. The Labute approximate surface area is 147 Å². The van der Waals surface area contributed by atoms with Crippen LogP contribution < -0.4 is 0 Å². The summed E-state index contributed by atoms with van der Waals surface area (Å²) in [4.78, 5) is 16.7. The van der Waals surface area contributed by atoms with Gasteiger partial charge in [-0.05, 0) is 36.2 Å². The third kappa shape index (κ3) is 3.71. The van der Waals surface area contributed by atoms with Gasteiger partial charge >= 0.3 is 0 Å². The van der Waals surface area contributed by atoms with Crippen molar-refractivity contribution in [2.24, 2.45) is 0 Å². The van der Waals surface area contributed by atoms with Crippen LogP contribution in [0.15, 0.2) is 42.5 Å². The van der Waals surface area contributed by atoms with Crippen molar-refractivity contribution in [3.05, 3.63) is 64.2 Å². The van der Waals surface area contributed by atoms with Gasteiger partial charge in [-0.3, -0.25) is 9.69 Å². The molecule has 1 aliphatic heterocycles. The van der Waals surface area contributed by atoms with E-state index in [9.17, 15) is 9.90 Å². The average Bonchev–Trinajstić information content (AvgIpc) is 2.59. The SMILES string of the molecule is Cc1cccc(C(=O)N2CCN(Cc3ccc(Cl)cc3)CC2)c1O. The fourth-order valence-corrected chi connectivity index (χ4v) is 3.08. The summed E-state index contributed by atoms with van der Waals surface area (Å²) in [5, 5.41) is 10.8. The van der Waals surface area contributed by atoms with E-state index in [2.05, 4.69) is 4.90 Å². The molecule has 5 heteroatoms. The number of carbonyl (C=O) groups is 1. The van der Waals surface area contributed by atoms with Crippen LogP contribution >= 0.6 is 11.6 Å². The molecule has 24 heavy (non-hydrogen) atoms. The molecule has 0 radical (unpaired) electrons. The van der Waals surface area contributed by atoms with Gasteiger partial charge in [-0.2, -0.15) is 0 Å². The van der Waals surface area contributed by atoms with Crippen LogP contribution in [0.2, 0.25) is 5.02 Å². The number of phenols is 1. The summed E-state index contributed by atoms with van der Waals surface area (Å²) in [6, 6.07) is 13.2. The molecule has 0 unspecified atom stereocenters. The lowest BCUT2D eigenvalue weighted by molar-refractivity contribution is 0.0625. The highest BCUT2D eigenvalue weighted by Gasteiger charge is 2.24. The Morgan fingerprint density at radius 3 is 2.42 bits per heavy atom. The predicted molar refractivity (Wildman–Crippen MR) is 95.5 cm³/mol. The lowest BCUT2D eigenvalue weighted by atomic mass is 10.1. The third-order valence-corrected chi connectivity index (χ3v) is 4.70. The van der Waals surface area contributed by atoms with Gasteiger partial charge in [-0.25, -0.2) is 0 Å². The van der Waals surface area contributed by atoms with Gasteiger partial charge in [0.05, 0.1) is 5.56 Å². The topological polar surface area (TPSA) is 43.8 Å². The van der Waals surface area contributed by atoms with Crippen LogP contribution in [0.4, 0.5) is 0 Å². The summed E-state index contributed by atoms with van der Waals surface area (Å²) < 4.78 is 0. The highest BCUT2D eigenvalue weighted by atomic mass is 35.5. The highest BCUT2D eigenvalue weighted by molar-refractivity contribution is 6.30. The van der Waals surface area contributed by atoms with Gasteiger partial charge in [0.15, 0.2) is 0 Å². The first-order valence-electron chi connectivity index (χ1n) is 8.09. The normalized spacial score (nSPS) is 15.5. The van der Waals surface area contributed by atoms with E-state index in [0.29, 0.717) is 18.7 Å². The Balaban J connectivity index is 1.59. The van der Waals surface area contributed by atoms with Crippen LogP contribution in [0.5, 0.6) is 5.75 Å². The fourth-order valence-electron chi connectivity index (χ4n) is 2.96. The lowest BCUT2D eigenvalue weighted by Crippen LogP contribution is -2.48. The maximum atomic E-state index is 12.6. The van der Waals surface area contributed by atoms with Crippen molar-refractivity contribution in [3.63, 3.8) is 0 Å². The van der Waals surface area contributed by atoms with E-state index in [4.69, 9.17) is 11.6 Å². The van der Waals surface area contributed by atoms with Gasteiger partial charge in [0.25, 0.3) is 5.91 Å². The van der Waals surface area contributed by atoms with E-state index in [1.54, 1.807) is 25.1 Å². The van der Waals surface area contributed by atoms with E-state index >= 15 is 0 Å². The van der Waals surface area contributed by atoms with Gasteiger partial charge in [0.2, 0.25) is 0 Å². The van der Waals surface area contributed by atoms with Crippen LogP contribution in [-0.4, -0.2) is 47.0 Å². The highest BCUT2D eigenvalue weighted by Crippen LogP contribution is 2.23. The molecule has 2 aromatic carbocycles. The van der Waals surface area contributed by atoms with Gasteiger partial charge in [0, 0.05) is 37.7 Å². The van der Waals surface area contributed by atoms with Crippen molar-refractivity contribution in [1.29, 1.82) is 0 Å². The molecule has 1 amide bonds. The molecule has 0 saturated carbocycles. The van der Waals surface area contributed by atoms with Gasteiger partial charge < -0.3 is 10.0 Å². The zero-order valence-electron chi connectivity index (χ0n) is 13.7. The molecule has 3 rings (SSSR count). The second-order valence-corrected chi connectivity index (χ2v) is 6.60. The smallest absolute Gasteiger partial charge is 0.257 e. The number of phenolic OH excluding ortho intramolecular Hbond substituents is 1. The zero-order valence-corrected chi connectivity index (χ0v) is 14.5. The first-order chi connectivity index (χ1) is 11.5. The molecule has 0 aliphatic carbocycles. The van der Waals surface area contributed by atoms with Crippen molar-refractivity contribution in [1.82, 2.24) is 9.80 Å². The summed E-state index contributed by atoms with van der Waals surface area (Å²) in [6.07, 6.45) is 0. The van der Waals surface area contributed by atoms with E-state index < -0.39 is 0 Å². The number of halogens is 1. The molecule has 1 heterocycles. The second-order valence-electron chi connectivity index (χ2n) is 6.17. The van der Waals surface area contributed by atoms with E-state index in [-0.39, 0.29) is 11.7 Å². The Morgan fingerprint density at radius 1 is 1.08 bits per heavy atom. The molecule has 4 nitrogen and oxygen atoms in total. The van der Waals surface area contributed by atoms with Crippen LogP contribution in [0, 0.1) is 6.92 Å². The number of amides is 1. The second kappa shape index (κ2) is 7.24. The summed E-state index contributed by atoms with van der Waals surface area (Å²) in [5.74, 6) is -0.00608. The molecule has 0 atom stereocenters. The van der Waals surface area contributed by atoms with E-state index in [1.807, 2.05) is 29.2 Å². The summed E-state index contributed by atoms with van der Waals surface area (Å²) in [7, 11) is 0. The molecular formula is C19H21ClN2O2. The maximum absolute atomic E-state index is 12.6. The first-order valence-corrected chi connectivity index (χ1v) is 8.47. The molecule has 1 aliphatic rings. The Hall–Kier alpha value is -2.04. The number of piperazine rings is 1. The van der Waals surface area contributed by atoms with Crippen LogP contribution in [0.25, 0.3) is 0 Å². The van der Waals surface area contributed by atoms with Gasteiger partial charge in [-0.15, -0.1) is 0 Å². The molecule has 126 valence electrons. The number of hydrogen-bond acceptors (Lipinski definition) is 3. The van der Waals surface area contributed by atoms with Crippen molar-refractivity contribution in [3.8, 4) is 5.75 Å². The molecule has 2 aromatic rings. The number of benzene rings is 2. The Bertz CT molecular complexity index is 723. The number of nitrogens with zero attached hydrogens (tertiary/aromatic N) is 2. The number of aryl methyl sites for hydroxylation is 1. The number of hydrogen-bond donors (Lipinski definition) is 1. The number of para-hydroxylation sites is 1. The van der Waals surface area contributed by atoms with Crippen LogP contribution in [0.1, 0.15) is 21.5 Å². The number of aromatic hydroxyl groups is 1. The van der Waals surface area contributed by atoms with Crippen molar-refractivity contribution in [2.45, 2.75) is 13.5 Å².